The predicted molar refractivity (Wildman–Crippen MR) is 101 cm³/mol. The van der Waals surface area contributed by atoms with Crippen molar-refractivity contribution in [2.45, 2.75) is 13.5 Å². The number of carbonyl (C=O) groups excluding carboxylic acids is 2. The fourth-order valence-corrected chi connectivity index (χ4v) is 4.04. The van der Waals surface area contributed by atoms with Crippen molar-refractivity contribution >= 4 is 34.2 Å². The van der Waals surface area contributed by atoms with Gasteiger partial charge in [0.1, 0.15) is 12.4 Å². The molecule has 0 atom stereocenters. The highest BCUT2D eigenvalue weighted by Crippen LogP contribution is 2.17. The van der Waals surface area contributed by atoms with Crippen molar-refractivity contribution in [3.63, 3.8) is 0 Å². The zero-order valence-electron chi connectivity index (χ0n) is 14.6. The first-order valence-corrected chi connectivity index (χ1v) is 9.54. The van der Waals surface area contributed by atoms with E-state index in [0.29, 0.717) is 26.2 Å². The number of aromatic nitrogens is 2. The molecule has 0 aliphatic carbocycles. The lowest BCUT2D eigenvalue weighted by atomic mass is 10.2. The quantitative estimate of drug-likeness (QED) is 0.713. The number of carbonyl (C=O) groups is 2. The third kappa shape index (κ3) is 3.10. The normalized spacial score (nSPS) is 14.8. The first-order chi connectivity index (χ1) is 12.6. The third-order valence-corrected chi connectivity index (χ3v) is 5.65. The lowest BCUT2D eigenvalue weighted by Gasteiger charge is -2.34. The average molecular weight is 368 g/mol. The minimum atomic E-state index is 0.0588. The molecule has 1 aliphatic heterocycles. The SMILES string of the molecule is Cc1nc2ccccc2n1CC(=O)N1CCN(C(=O)c2cccs2)CC1. The summed E-state index contributed by atoms with van der Waals surface area (Å²) in [5.74, 6) is 0.967. The number of hydrogen-bond donors (Lipinski definition) is 0. The molecule has 0 unspecified atom stereocenters. The second kappa shape index (κ2) is 6.92. The van der Waals surface area contributed by atoms with Gasteiger partial charge in [-0.1, -0.05) is 18.2 Å². The van der Waals surface area contributed by atoms with E-state index in [0.717, 1.165) is 21.7 Å². The van der Waals surface area contributed by atoms with Gasteiger partial charge >= 0.3 is 0 Å². The maximum Gasteiger partial charge on any atom is 0.264 e. The Labute approximate surface area is 155 Å². The summed E-state index contributed by atoms with van der Waals surface area (Å²) in [6.07, 6.45) is 0. The number of amides is 2. The van der Waals surface area contributed by atoms with Gasteiger partial charge in [0.2, 0.25) is 5.91 Å². The van der Waals surface area contributed by atoms with E-state index in [9.17, 15) is 9.59 Å². The van der Waals surface area contributed by atoms with E-state index in [1.54, 1.807) is 0 Å². The van der Waals surface area contributed by atoms with Gasteiger partial charge in [-0.05, 0) is 30.5 Å². The number of piperazine rings is 1. The van der Waals surface area contributed by atoms with Crippen molar-refractivity contribution in [2.75, 3.05) is 26.2 Å². The van der Waals surface area contributed by atoms with Crippen LogP contribution in [0.2, 0.25) is 0 Å². The zero-order chi connectivity index (χ0) is 18.1. The zero-order valence-corrected chi connectivity index (χ0v) is 15.4. The summed E-state index contributed by atoms with van der Waals surface area (Å²) in [7, 11) is 0. The van der Waals surface area contributed by atoms with Crippen molar-refractivity contribution in [2.24, 2.45) is 0 Å². The molecule has 134 valence electrons. The van der Waals surface area contributed by atoms with E-state index in [4.69, 9.17) is 0 Å². The van der Waals surface area contributed by atoms with E-state index in [-0.39, 0.29) is 18.4 Å². The summed E-state index contributed by atoms with van der Waals surface area (Å²) in [5.41, 5.74) is 1.88. The Balaban J connectivity index is 1.41. The van der Waals surface area contributed by atoms with Gasteiger partial charge in [-0.25, -0.2) is 4.98 Å². The summed E-state index contributed by atoms with van der Waals surface area (Å²) in [6.45, 7) is 4.50. The van der Waals surface area contributed by atoms with Crippen LogP contribution >= 0.6 is 11.3 Å². The average Bonchev–Trinajstić information content (AvgIpc) is 3.30. The van der Waals surface area contributed by atoms with Crippen molar-refractivity contribution in [3.8, 4) is 0 Å². The van der Waals surface area contributed by atoms with Gasteiger partial charge in [0, 0.05) is 26.2 Å². The first-order valence-electron chi connectivity index (χ1n) is 8.66. The molecule has 0 spiro atoms. The molecule has 3 heterocycles. The van der Waals surface area contributed by atoms with Crippen LogP contribution in [0.5, 0.6) is 0 Å². The Bertz CT molecular complexity index is 940. The maximum absolute atomic E-state index is 12.7. The molecule has 4 rings (SSSR count). The van der Waals surface area contributed by atoms with Gasteiger partial charge in [0.15, 0.2) is 0 Å². The van der Waals surface area contributed by atoms with Crippen LogP contribution in [0.25, 0.3) is 11.0 Å². The lowest BCUT2D eigenvalue weighted by molar-refractivity contribution is -0.133. The summed E-state index contributed by atoms with van der Waals surface area (Å²) in [6, 6.07) is 11.6. The number of para-hydroxylation sites is 2. The molecule has 26 heavy (non-hydrogen) atoms. The predicted octanol–water partition coefficient (Wildman–Crippen LogP) is 2.39. The number of imidazole rings is 1. The van der Waals surface area contributed by atoms with Crippen molar-refractivity contribution in [3.05, 3.63) is 52.5 Å². The van der Waals surface area contributed by atoms with Crippen LogP contribution < -0.4 is 0 Å². The number of rotatable bonds is 3. The molecule has 2 aromatic heterocycles. The summed E-state index contributed by atoms with van der Waals surface area (Å²) in [4.78, 5) is 34.1. The molecule has 1 fully saturated rings. The minimum Gasteiger partial charge on any atom is -0.338 e. The second-order valence-electron chi connectivity index (χ2n) is 6.38. The van der Waals surface area contributed by atoms with Crippen LogP contribution in [-0.4, -0.2) is 57.3 Å². The Hall–Kier alpha value is -2.67. The van der Waals surface area contributed by atoms with Gasteiger partial charge in [-0.3, -0.25) is 9.59 Å². The topological polar surface area (TPSA) is 58.4 Å². The van der Waals surface area contributed by atoms with Crippen LogP contribution in [-0.2, 0) is 11.3 Å². The second-order valence-corrected chi connectivity index (χ2v) is 7.33. The Morgan fingerprint density at radius 1 is 1.04 bits per heavy atom. The molecule has 0 saturated carbocycles. The maximum atomic E-state index is 12.7. The Morgan fingerprint density at radius 2 is 1.77 bits per heavy atom. The molecule has 3 aromatic rings. The summed E-state index contributed by atoms with van der Waals surface area (Å²) >= 11 is 1.46. The number of nitrogens with zero attached hydrogens (tertiary/aromatic N) is 4. The molecular formula is C19H20N4O2S. The van der Waals surface area contributed by atoms with Gasteiger partial charge in [-0.15, -0.1) is 11.3 Å². The minimum absolute atomic E-state index is 0.0588. The molecule has 7 heteroatoms. The summed E-state index contributed by atoms with van der Waals surface area (Å²) < 4.78 is 1.96. The van der Waals surface area contributed by atoms with E-state index >= 15 is 0 Å². The molecule has 0 N–H and O–H groups in total. The monoisotopic (exact) mass is 368 g/mol. The highest BCUT2D eigenvalue weighted by atomic mass is 32.1. The van der Waals surface area contributed by atoms with Crippen LogP contribution in [0.4, 0.5) is 0 Å². The van der Waals surface area contributed by atoms with E-state index < -0.39 is 0 Å². The molecule has 1 aliphatic rings. The van der Waals surface area contributed by atoms with Crippen molar-refractivity contribution in [1.82, 2.24) is 19.4 Å². The van der Waals surface area contributed by atoms with E-state index in [1.807, 2.05) is 63.1 Å². The largest absolute Gasteiger partial charge is 0.338 e. The van der Waals surface area contributed by atoms with E-state index in [1.165, 1.54) is 11.3 Å². The fraction of sp³-hybridized carbons (Fsp3) is 0.316. The molecule has 1 saturated heterocycles. The van der Waals surface area contributed by atoms with Crippen LogP contribution in [0.15, 0.2) is 41.8 Å². The number of fused-ring (bicyclic) bond motifs is 1. The highest BCUT2D eigenvalue weighted by molar-refractivity contribution is 7.12. The molecule has 0 bridgehead atoms. The van der Waals surface area contributed by atoms with Gasteiger partial charge in [0.05, 0.1) is 15.9 Å². The van der Waals surface area contributed by atoms with Crippen LogP contribution in [0, 0.1) is 6.92 Å². The highest BCUT2D eigenvalue weighted by Gasteiger charge is 2.25. The van der Waals surface area contributed by atoms with Crippen LogP contribution in [0.1, 0.15) is 15.5 Å². The van der Waals surface area contributed by atoms with Gasteiger partial charge < -0.3 is 14.4 Å². The lowest BCUT2D eigenvalue weighted by Crippen LogP contribution is -2.51. The van der Waals surface area contributed by atoms with Gasteiger partial charge in [0.25, 0.3) is 5.91 Å². The summed E-state index contributed by atoms with van der Waals surface area (Å²) in [5, 5.41) is 1.91. The van der Waals surface area contributed by atoms with Crippen molar-refractivity contribution in [1.29, 1.82) is 0 Å². The standard InChI is InChI=1S/C19H20N4O2S/c1-14-20-15-5-2-3-6-16(15)23(14)13-18(24)21-8-10-22(11-9-21)19(25)17-7-4-12-26-17/h2-7,12H,8-11,13H2,1H3. The number of hydrogen-bond acceptors (Lipinski definition) is 4. The molecule has 0 radical (unpaired) electrons. The third-order valence-electron chi connectivity index (χ3n) is 4.79. The molecule has 6 nitrogen and oxygen atoms in total. The Kier molecular flexibility index (Phi) is 4.46. The van der Waals surface area contributed by atoms with Gasteiger partial charge in [-0.2, -0.15) is 0 Å². The number of aryl methyl sites for hydroxylation is 1. The molecule has 2 amide bonds. The van der Waals surface area contributed by atoms with Crippen molar-refractivity contribution < 1.29 is 9.59 Å². The molecular weight excluding hydrogens is 348 g/mol. The molecule has 1 aromatic carbocycles. The Morgan fingerprint density at radius 3 is 2.50 bits per heavy atom. The van der Waals surface area contributed by atoms with Crippen LogP contribution in [0.3, 0.4) is 0 Å². The van der Waals surface area contributed by atoms with E-state index in [2.05, 4.69) is 4.98 Å². The smallest absolute Gasteiger partial charge is 0.264 e. The number of thiophene rings is 1. The first kappa shape index (κ1) is 16.8. The fourth-order valence-electron chi connectivity index (χ4n) is 3.35. The number of benzene rings is 1.